The van der Waals surface area contributed by atoms with Crippen LogP contribution in [0.1, 0.15) is 38.5 Å². The van der Waals surface area contributed by atoms with Crippen LogP contribution in [0.4, 0.5) is 0 Å². The lowest BCUT2D eigenvalue weighted by atomic mass is 10.00. The predicted molar refractivity (Wildman–Crippen MR) is 50.5 cm³/mol. The molecule has 1 aliphatic rings. The first-order valence-corrected chi connectivity index (χ1v) is 6.29. The van der Waals surface area contributed by atoms with Gasteiger partial charge in [0.25, 0.3) is 0 Å². The Morgan fingerprint density at radius 3 is 1.50 bits per heavy atom. The van der Waals surface area contributed by atoms with Crippen LogP contribution in [0.5, 0.6) is 0 Å². The van der Waals surface area contributed by atoms with Crippen molar-refractivity contribution in [3.05, 3.63) is 0 Å². The maximum Gasteiger partial charge on any atom is 0.159 e. The van der Waals surface area contributed by atoms with Gasteiger partial charge in [-0.15, -0.1) is 0 Å². The van der Waals surface area contributed by atoms with Gasteiger partial charge >= 0.3 is 0 Å². The van der Waals surface area contributed by atoms with Crippen molar-refractivity contribution in [3.63, 3.8) is 0 Å². The highest BCUT2D eigenvalue weighted by atomic mass is 31.1. The highest BCUT2D eigenvalue weighted by molar-refractivity contribution is 7.30. The van der Waals surface area contributed by atoms with Crippen molar-refractivity contribution < 1.29 is 9.13 Å². The molecule has 0 radical (unpaired) electrons. The van der Waals surface area contributed by atoms with Gasteiger partial charge in [0.1, 0.15) is 0 Å². The summed E-state index contributed by atoms with van der Waals surface area (Å²) >= 11 is 0. The van der Waals surface area contributed by atoms with Gasteiger partial charge in [-0.3, -0.25) is 9.13 Å². The Bertz CT molecular complexity index is 143. The molecule has 0 aliphatic heterocycles. The average molecular weight is 204 g/mol. The van der Waals surface area contributed by atoms with E-state index in [1.54, 1.807) is 0 Å². The van der Waals surface area contributed by atoms with Crippen LogP contribution in [-0.4, -0.2) is 11.3 Å². The van der Waals surface area contributed by atoms with Gasteiger partial charge in [0, 0.05) is 0 Å². The summed E-state index contributed by atoms with van der Waals surface area (Å²) in [5.41, 5.74) is 0.286. The van der Waals surface area contributed by atoms with Crippen molar-refractivity contribution in [3.8, 4) is 0 Å². The van der Waals surface area contributed by atoms with E-state index in [9.17, 15) is 9.13 Å². The normalized spacial score (nSPS) is 33.0. The van der Waals surface area contributed by atoms with E-state index in [1.165, 1.54) is 12.8 Å². The Morgan fingerprint density at radius 1 is 0.750 bits per heavy atom. The van der Waals surface area contributed by atoms with Crippen molar-refractivity contribution in [2.75, 3.05) is 0 Å². The van der Waals surface area contributed by atoms with E-state index >= 15 is 0 Å². The summed E-state index contributed by atoms with van der Waals surface area (Å²) in [7, 11) is 0.374. The first-order chi connectivity index (χ1) is 5.88. The van der Waals surface area contributed by atoms with Gasteiger partial charge in [-0.25, -0.2) is 0 Å². The van der Waals surface area contributed by atoms with Crippen LogP contribution in [0.3, 0.4) is 0 Å². The molecule has 2 nitrogen and oxygen atoms in total. The Kier molecular flexibility index (Phi) is 4.95. The van der Waals surface area contributed by atoms with Gasteiger partial charge in [0.15, 0.2) is 16.9 Å². The highest BCUT2D eigenvalue weighted by Gasteiger charge is 2.23. The van der Waals surface area contributed by atoms with Crippen molar-refractivity contribution in [2.24, 2.45) is 0 Å². The first-order valence-electron chi connectivity index (χ1n) is 4.53. The van der Waals surface area contributed by atoms with E-state index in [4.69, 9.17) is 0 Å². The molecule has 0 bridgehead atoms. The largest absolute Gasteiger partial charge is 0.275 e. The van der Waals surface area contributed by atoms with Crippen LogP contribution in [0.25, 0.3) is 0 Å². The summed E-state index contributed by atoms with van der Waals surface area (Å²) in [4.78, 5) is 0. The number of rotatable bonds is 2. The Hall–Kier alpha value is 0.200. The van der Waals surface area contributed by atoms with Gasteiger partial charge in [0.05, 0.1) is 11.3 Å². The molecule has 0 aromatic heterocycles. The summed E-state index contributed by atoms with van der Waals surface area (Å²) in [6, 6.07) is 0. The predicted octanol–water partition coefficient (Wildman–Crippen LogP) is 3.66. The average Bonchev–Trinajstić information content (AvgIpc) is 2.05. The lowest BCUT2D eigenvalue weighted by Crippen LogP contribution is -2.16. The van der Waals surface area contributed by atoms with E-state index in [1.807, 2.05) is 0 Å². The third-order valence-corrected chi connectivity index (χ3v) is 4.48. The molecule has 1 fully saturated rings. The van der Waals surface area contributed by atoms with Crippen LogP contribution in [0.2, 0.25) is 0 Å². The molecule has 12 heavy (non-hydrogen) atoms. The maximum atomic E-state index is 10.7. The summed E-state index contributed by atoms with van der Waals surface area (Å²) in [5, 5.41) is 0. The fourth-order valence-corrected chi connectivity index (χ4v) is 3.17. The van der Waals surface area contributed by atoms with E-state index in [-0.39, 0.29) is 28.2 Å². The monoisotopic (exact) mass is 204 g/mol. The SMILES string of the molecule is O=PC1CCCCCCC1P=O. The Morgan fingerprint density at radius 2 is 1.17 bits per heavy atom. The molecule has 4 heteroatoms. The lowest BCUT2D eigenvalue weighted by Gasteiger charge is -2.18. The third kappa shape index (κ3) is 2.92. The molecule has 0 aromatic carbocycles. The first kappa shape index (κ1) is 10.3. The highest BCUT2D eigenvalue weighted by Crippen LogP contribution is 2.32. The molecule has 1 rings (SSSR count). The van der Waals surface area contributed by atoms with Gasteiger partial charge in [0.2, 0.25) is 0 Å². The molecule has 68 valence electrons. The van der Waals surface area contributed by atoms with Crippen molar-refractivity contribution in [2.45, 2.75) is 49.8 Å². The molecule has 0 saturated heterocycles. The fraction of sp³-hybridized carbons (Fsp3) is 1.00. The molecule has 0 spiro atoms. The zero-order valence-electron chi connectivity index (χ0n) is 7.11. The second-order valence-corrected chi connectivity index (χ2v) is 5.09. The van der Waals surface area contributed by atoms with Gasteiger partial charge in [-0.2, -0.15) is 0 Å². The zero-order chi connectivity index (χ0) is 8.81. The van der Waals surface area contributed by atoms with Crippen molar-refractivity contribution in [1.82, 2.24) is 0 Å². The summed E-state index contributed by atoms with van der Waals surface area (Å²) in [5.74, 6) is 0. The molecule has 2 unspecified atom stereocenters. The van der Waals surface area contributed by atoms with Gasteiger partial charge in [-0.1, -0.05) is 25.7 Å². The molecule has 0 aromatic rings. The van der Waals surface area contributed by atoms with E-state index < -0.39 is 0 Å². The van der Waals surface area contributed by atoms with Crippen LogP contribution in [0.15, 0.2) is 0 Å². The quantitative estimate of drug-likeness (QED) is 0.643. The topological polar surface area (TPSA) is 34.1 Å². The number of hydrogen-bond donors (Lipinski definition) is 0. The van der Waals surface area contributed by atoms with Gasteiger partial charge < -0.3 is 0 Å². The Balaban J connectivity index is 2.50. The maximum absolute atomic E-state index is 10.7. The minimum atomic E-state index is 0.143. The molecular weight excluding hydrogens is 190 g/mol. The van der Waals surface area contributed by atoms with E-state index in [2.05, 4.69) is 0 Å². The summed E-state index contributed by atoms with van der Waals surface area (Å²) in [6.07, 6.45) is 6.73. The second-order valence-electron chi connectivity index (χ2n) is 3.34. The van der Waals surface area contributed by atoms with Crippen LogP contribution < -0.4 is 0 Å². The fourth-order valence-electron chi connectivity index (χ4n) is 1.69. The van der Waals surface area contributed by atoms with E-state index in [0.29, 0.717) is 0 Å². The smallest absolute Gasteiger partial charge is 0.159 e. The van der Waals surface area contributed by atoms with Crippen LogP contribution in [0, 0.1) is 0 Å². The van der Waals surface area contributed by atoms with Gasteiger partial charge in [-0.05, 0) is 12.8 Å². The standard InChI is InChI=1S/C8H14O2P2/c9-11-7-5-3-1-2-4-6-8(7)12-10/h7-8H,1-6H2. The molecule has 2 atom stereocenters. The lowest BCUT2D eigenvalue weighted by molar-refractivity contribution is 0.495. The van der Waals surface area contributed by atoms with Crippen LogP contribution >= 0.6 is 16.9 Å². The molecule has 1 aliphatic carbocycles. The third-order valence-electron chi connectivity index (χ3n) is 2.46. The molecular formula is C8H14O2P2. The molecule has 0 amide bonds. The minimum Gasteiger partial charge on any atom is -0.275 e. The van der Waals surface area contributed by atoms with Crippen molar-refractivity contribution >= 4 is 16.9 Å². The molecule has 1 saturated carbocycles. The minimum absolute atomic E-state index is 0.143. The zero-order valence-corrected chi connectivity index (χ0v) is 8.90. The number of hydrogen-bond acceptors (Lipinski definition) is 2. The Labute approximate surface area is 76.5 Å². The molecule has 0 heterocycles. The molecule has 0 N–H and O–H groups in total. The summed E-state index contributed by atoms with van der Waals surface area (Å²) < 4.78 is 21.5. The van der Waals surface area contributed by atoms with Crippen LogP contribution in [-0.2, 0) is 9.13 Å². The van der Waals surface area contributed by atoms with Crippen molar-refractivity contribution in [1.29, 1.82) is 0 Å². The summed E-state index contributed by atoms with van der Waals surface area (Å²) in [6.45, 7) is 0. The second kappa shape index (κ2) is 5.78. The van der Waals surface area contributed by atoms with E-state index in [0.717, 1.165) is 25.7 Å².